The van der Waals surface area contributed by atoms with Crippen molar-refractivity contribution in [1.82, 2.24) is 4.72 Å². The third-order valence-electron chi connectivity index (χ3n) is 4.80. The maximum atomic E-state index is 12.5. The number of halogens is 1. The monoisotopic (exact) mass is 346 g/mol. The number of hydrogen-bond acceptors (Lipinski definition) is 3. The zero-order valence-corrected chi connectivity index (χ0v) is 14.8. The van der Waals surface area contributed by atoms with E-state index in [1.807, 2.05) is 27.7 Å². The van der Waals surface area contributed by atoms with Crippen molar-refractivity contribution < 1.29 is 8.42 Å². The van der Waals surface area contributed by atoms with Crippen molar-refractivity contribution >= 4 is 38.8 Å². The second-order valence-electron chi connectivity index (χ2n) is 6.51. The molecule has 0 radical (unpaired) electrons. The number of rotatable bonds is 4. The predicted octanol–water partition coefficient (Wildman–Crippen LogP) is 2.69. The normalized spacial score (nSPS) is 20.2. The summed E-state index contributed by atoms with van der Waals surface area (Å²) in [6.07, 6.45) is 0. The van der Waals surface area contributed by atoms with Crippen LogP contribution >= 0.6 is 23.8 Å². The van der Waals surface area contributed by atoms with E-state index >= 15 is 0 Å². The van der Waals surface area contributed by atoms with E-state index in [1.165, 1.54) is 12.1 Å². The summed E-state index contributed by atoms with van der Waals surface area (Å²) in [5, 5.41) is 0.115. The zero-order chi connectivity index (χ0) is 16.2. The van der Waals surface area contributed by atoms with Gasteiger partial charge in [0.2, 0.25) is 10.0 Å². The highest BCUT2D eigenvalue weighted by molar-refractivity contribution is 7.89. The molecule has 0 amide bonds. The first-order valence-corrected chi connectivity index (χ1v) is 8.80. The Balaban J connectivity index is 2.32. The maximum absolute atomic E-state index is 12.5. The number of benzene rings is 1. The van der Waals surface area contributed by atoms with Crippen molar-refractivity contribution in [2.75, 3.05) is 0 Å². The molecule has 1 aromatic carbocycles. The van der Waals surface area contributed by atoms with E-state index in [0.717, 1.165) is 0 Å². The Bertz CT molecular complexity index is 698. The summed E-state index contributed by atoms with van der Waals surface area (Å²) in [6.45, 7) is 8.16. The van der Waals surface area contributed by atoms with Crippen molar-refractivity contribution in [2.45, 2.75) is 38.6 Å². The van der Waals surface area contributed by atoms with Crippen LogP contribution in [0.2, 0.25) is 5.02 Å². The Hall–Kier alpha value is -0.690. The van der Waals surface area contributed by atoms with Gasteiger partial charge in [-0.3, -0.25) is 0 Å². The number of nitrogens with one attached hydrogen (secondary N) is 1. The molecule has 0 bridgehead atoms. The van der Waals surface area contributed by atoms with Crippen LogP contribution in [0.25, 0.3) is 0 Å². The van der Waals surface area contributed by atoms with Crippen LogP contribution in [0.1, 0.15) is 33.3 Å². The lowest BCUT2D eigenvalue weighted by atomic mass is 10.0. The molecule has 0 aliphatic heterocycles. The molecule has 0 unspecified atom stereocenters. The van der Waals surface area contributed by atoms with Gasteiger partial charge in [-0.05, 0) is 23.0 Å². The summed E-state index contributed by atoms with van der Waals surface area (Å²) >= 11 is 10.9. The van der Waals surface area contributed by atoms with Crippen LogP contribution in [0.5, 0.6) is 0 Å². The first-order valence-electron chi connectivity index (χ1n) is 6.53. The van der Waals surface area contributed by atoms with E-state index in [-0.39, 0.29) is 31.8 Å². The smallest absolute Gasteiger partial charge is 0.242 e. The largest absolute Gasteiger partial charge is 0.389 e. The number of nitrogens with two attached hydrogens (primary N) is 1. The minimum atomic E-state index is -3.68. The zero-order valence-electron chi connectivity index (χ0n) is 12.4. The van der Waals surface area contributed by atoms with Gasteiger partial charge >= 0.3 is 0 Å². The molecule has 0 spiro atoms. The van der Waals surface area contributed by atoms with E-state index in [4.69, 9.17) is 29.6 Å². The van der Waals surface area contributed by atoms with Crippen molar-refractivity contribution in [3.05, 3.63) is 28.8 Å². The lowest BCUT2D eigenvalue weighted by Gasteiger charge is -2.10. The van der Waals surface area contributed by atoms with E-state index in [9.17, 15) is 8.42 Å². The molecule has 1 aromatic rings. The topological polar surface area (TPSA) is 72.2 Å². The van der Waals surface area contributed by atoms with Crippen LogP contribution < -0.4 is 10.5 Å². The molecule has 0 atom stereocenters. The second-order valence-corrected chi connectivity index (χ2v) is 9.04. The van der Waals surface area contributed by atoms with Crippen molar-refractivity contribution in [1.29, 1.82) is 0 Å². The summed E-state index contributed by atoms with van der Waals surface area (Å²) in [5.41, 5.74) is 5.87. The van der Waals surface area contributed by atoms with Gasteiger partial charge in [0.25, 0.3) is 0 Å². The van der Waals surface area contributed by atoms with Gasteiger partial charge in [0.1, 0.15) is 9.88 Å². The highest BCUT2D eigenvalue weighted by Crippen LogP contribution is 2.63. The van der Waals surface area contributed by atoms with Gasteiger partial charge in [-0.2, -0.15) is 0 Å². The molecule has 0 aromatic heterocycles. The summed E-state index contributed by atoms with van der Waals surface area (Å²) in [5.74, 6) is 0. The second kappa shape index (κ2) is 4.91. The third kappa shape index (κ3) is 2.70. The molecule has 2 rings (SSSR count). The van der Waals surface area contributed by atoms with Gasteiger partial charge in [-0.1, -0.05) is 57.6 Å². The van der Waals surface area contributed by atoms with Crippen molar-refractivity contribution in [2.24, 2.45) is 16.6 Å². The lowest BCUT2D eigenvalue weighted by Crippen LogP contribution is -2.30. The van der Waals surface area contributed by atoms with Crippen LogP contribution in [-0.4, -0.2) is 19.4 Å². The molecule has 7 heteroatoms. The SMILES string of the molecule is CC1(C)C(NS(=O)(=O)c2ccc(C(N)=S)cc2Cl)C1(C)C. The summed E-state index contributed by atoms with van der Waals surface area (Å²) in [6, 6.07) is 4.34. The fourth-order valence-corrected chi connectivity index (χ4v) is 4.78. The standard InChI is InChI=1S/C14H19ClN2O2S2/c1-13(2)12(14(13,3)4)17-21(18,19)10-6-5-8(11(16)20)7-9(10)15/h5-7,12,17H,1-4H3,(H2,16,20). The van der Waals surface area contributed by atoms with E-state index in [1.54, 1.807) is 6.07 Å². The van der Waals surface area contributed by atoms with E-state index < -0.39 is 10.0 Å². The Morgan fingerprint density at radius 3 is 2.19 bits per heavy atom. The Kier molecular flexibility index (Phi) is 3.90. The van der Waals surface area contributed by atoms with Crippen molar-refractivity contribution in [3.8, 4) is 0 Å². The minimum Gasteiger partial charge on any atom is -0.389 e. The predicted molar refractivity (Wildman–Crippen MR) is 89.0 cm³/mol. The molecular weight excluding hydrogens is 328 g/mol. The molecule has 1 saturated carbocycles. The molecule has 0 saturated heterocycles. The van der Waals surface area contributed by atoms with Crippen LogP contribution in [-0.2, 0) is 10.0 Å². The van der Waals surface area contributed by atoms with Gasteiger partial charge in [0, 0.05) is 11.6 Å². The summed E-state index contributed by atoms with van der Waals surface area (Å²) < 4.78 is 27.7. The fraction of sp³-hybridized carbons (Fsp3) is 0.500. The van der Waals surface area contributed by atoms with Gasteiger partial charge in [0.15, 0.2) is 0 Å². The van der Waals surface area contributed by atoms with Gasteiger partial charge in [-0.15, -0.1) is 0 Å². The number of sulfonamides is 1. The molecule has 21 heavy (non-hydrogen) atoms. The molecule has 116 valence electrons. The fourth-order valence-electron chi connectivity index (χ4n) is 2.58. The van der Waals surface area contributed by atoms with E-state index in [0.29, 0.717) is 5.56 Å². The number of hydrogen-bond donors (Lipinski definition) is 2. The Morgan fingerprint density at radius 2 is 1.81 bits per heavy atom. The maximum Gasteiger partial charge on any atom is 0.242 e. The van der Waals surface area contributed by atoms with Gasteiger partial charge in [0.05, 0.1) is 5.02 Å². The number of thiocarbonyl (C=S) groups is 1. The summed E-state index contributed by atoms with van der Waals surface area (Å²) in [7, 11) is -3.68. The average Bonchev–Trinajstić information content (AvgIpc) is 2.70. The average molecular weight is 347 g/mol. The first-order chi connectivity index (χ1) is 9.41. The molecule has 1 aliphatic carbocycles. The molecule has 4 nitrogen and oxygen atoms in total. The molecule has 1 fully saturated rings. The highest BCUT2D eigenvalue weighted by Gasteiger charge is 2.66. The molecular formula is C14H19ClN2O2S2. The highest BCUT2D eigenvalue weighted by atomic mass is 35.5. The van der Waals surface area contributed by atoms with Crippen molar-refractivity contribution in [3.63, 3.8) is 0 Å². The van der Waals surface area contributed by atoms with Crippen LogP contribution in [0.3, 0.4) is 0 Å². The molecule has 3 N–H and O–H groups in total. The minimum absolute atomic E-state index is 0.0441. The van der Waals surface area contributed by atoms with Gasteiger partial charge in [-0.25, -0.2) is 13.1 Å². The van der Waals surface area contributed by atoms with Crippen LogP contribution in [0.15, 0.2) is 23.1 Å². The molecule has 0 heterocycles. The van der Waals surface area contributed by atoms with Crippen LogP contribution in [0, 0.1) is 10.8 Å². The Morgan fingerprint density at radius 1 is 1.29 bits per heavy atom. The molecule has 1 aliphatic rings. The van der Waals surface area contributed by atoms with Crippen LogP contribution in [0.4, 0.5) is 0 Å². The first kappa shape index (κ1) is 16.7. The summed E-state index contributed by atoms with van der Waals surface area (Å²) in [4.78, 5) is 0.223. The Labute approximate surface area is 136 Å². The van der Waals surface area contributed by atoms with E-state index in [2.05, 4.69) is 4.72 Å². The third-order valence-corrected chi connectivity index (χ3v) is 6.94. The van der Waals surface area contributed by atoms with Gasteiger partial charge < -0.3 is 5.73 Å². The quantitative estimate of drug-likeness (QED) is 0.822. The lowest BCUT2D eigenvalue weighted by molar-refractivity contribution is 0.457.